The van der Waals surface area contributed by atoms with Crippen LogP contribution >= 0.6 is 0 Å². The Balaban J connectivity index is 1.36. The highest BCUT2D eigenvalue weighted by atomic mass is 16.7. The van der Waals surface area contributed by atoms with Crippen LogP contribution in [0.4, 0.5) is 0 Å². The molecule has 26 heavy (non-hydrogen) atoms. The number of hydrogen-bond acceptors (Lipinski definition) is 5. The average molecular weight is 355 g/mol. The molecule has 4 rings (SSSR count). The summed E-state index contributed by atoms with van der Waals surface area (Å²) in [6.07, 6.45) is 7.65. The molecule has 6 heteroatoms. The van der Waals surface area contributed by atoms with Gasteiger partial charge >= 0.3 is 0 Å². The van der Waals surface area contributed by atoms with Crippen LogP contribution in [0.5, 0.6) is 11.5 Å². The number of ether oxygens (including phenoxy) is 2. The van der Waals surface area contributed by atoms with Gasteiger partial charge in [-0.15, -0.1) is 0 Å². The Labute approximate surface area is 153 Å². The molecule has 0 fully saturated rings. The summed E-state index contributed by atoms with van der Waals surface area (Å²) in [6.45, 7) is 5.70. The summed E-state index contributed by atoms with van der Waals surface area (Å²) in [7, 11) is 0. The molecule has 2 aliphatic heterocycles. The molecule has 1 aromatic heterocycles. The van der Waals surface area contributed by atoms with Crippen LogP contribution in [0.3, 0.4) is 0 Å². The molecular formula is C20H25N3O3. The predicted molar refractivity (Wildman–Crippen MR) is 99.0 cm³/mol. The highest BCUT2D eigenvalue weighted by Gasteiger charge is 2.17. The molecule has 2 aliphatic rings. The van der Waals surface area contributed by atoms with E-state index < -0.39 is 0 Å². The van der Waals surface area contributed by atoms with Gasteiger partial charge in [-0.25, -0.2) is 0 Å². The topological polar surface area (TPSA) is 59.8 Å². The second-order valence-corrected chi connectivity index (χ2v) is 6.92. The second-order valence-electron chi connectivity index (χ2n) is 6.92. The van der Waals surface area contributed by atoms with Gasteiger partial charge in [0, 0.05) is 31.4 Å². The Hall–Kier alpha value is -2.31. The molecule has 0 aliphatic carbocycles. The number of hydrogen-bond donors (Lipinski definition) is 1. The van der Waals surface area contributed by atoms with Crippen molar-refractivity contribution in [3.05, 3.63) is 47.8 Å². The fraction of sp³-hybridized carbons (Fsp3) is 0.450. The van der Waals surface area contributed by atoms with Crippen LogP contribution in [0.15, 0.2) is 36.7 Å². The van der Waals surface area contributed by atoms with E-state index in [1.54, 1.807) is 0 Å². The minimum absolute atomic E-state index is 0.317. The van der Waals surface area contributed by atoms with Crippen molar-refractivity contribution in [1.29, 1.82) is 0 Å². The molecule has 0 spiro atoms. The lowest BCUT2D eigenvalue weighted by Crippen LogP contribution is -2.27. The van der Waals surface area contributed by atoms with E-state index in [1.807, 2.05) is 30.1 Å². The van der Waals surface area contributed by atoms with Crippen molar-refractivity contribution in [3.8, 4) is 11.5 Å². The molecule has 0 saturated carbocycles. The van der Waals surface area contributed by atoms with Crippen LogP contribution in [0.2, 0.25) is 0 Å². The minimum atomic E-state index is -0.333. The van der Waals surface area contributed by atoms with Gasteiger partial charge in [-0.05, 0) is 36.1 Å². The number of fused-ring (bicyclic) bond motifs is 1. The van der Waals surface area contributed by atoms with Crippen LogP contribution in [-0.2, 0) is 13.1 Å². The lowest BCUT2D eigenvalue weighted by atomic mass is 10.0. The first kappa shape index (κ1) is 17.1. The standard InChI is InChI=1S/C20H25N3O3/c1-2-18(24)13-23-12-17(10-21-23)16-5-7-22(8-6-16)11-15-3-4-19-20(9-15)26-14-25-19/h3-5,9-10,12,18,24H,2,6-8,11,13-14H2,1H3/t18-/m0/s1. The quantitative estimate of drug-likeness (QED) is 0.863. The van der Waals surface area contributed by atoms with Crippen molar-refractivity contribution >= 4 is 5.57 Å². The average Bonchev–Trinajstić information content (AvgIpc) is 3.31. The zero-order chi connectivity index (χ0) is 17.9. The normalized spacial score (nSPS) is 18.0. The summed E-state index contributed by atoms with van der Waals surface area (Å²) in [6, 6.07) is 6.17. The lowest BCUT2D eigenvalue weighted by Gasteiger charge is -2.26. The summed E-state index contributed by atoms with van der Waals surface area (Å²) in [5.41, 5.74) is 3.74. The highest BCUT2D eigenvalue weighted by Crippen LogP contribution is 2.33. The van der Waals surface area contributed by atoms with Gasteiger partial charge in [0.15, 0.2) is 11.5 Å². The van der Waals surface area contributed by atoms with Crippen LogP contribution < -0.4 is 9.47 Å². The minimum Gasteiger partial charge on any atom is -0.454 e. The second kappa shape index (κ2) is 7.51. The van der Waals surface area contributed by atoms with E-state index in [9.17, 15) is 5.11 Å². The van der Waals surface area contributed by atoms with Crippen molar-refractivity contribution in [2.75, 3.05) is 19.9 Å². The molecular weight excluding hydrogens is 330 g/mol. The zero-order valence-corrected chi connectivity index (χ0v) is 15.1. The van der Waals surface area contributed by atoms with Crippen LogP contribution in [0.1, 0.15) is 30.9 Å². The van der Waals surface area contributed by atoms with E-state index in [0.717, 1.165) is 49.5 Å². The first-order valence-corrected chi connectivity index (χ1v) is 9.22. The van der Waals surface area contributed by atoms with Gasteiger partial charge in [-0.2, -0.15) is 5.10 Å². The summed E-state index contributed by atoms with van der Waals surface area (Å²) in [4.78, 5) is 2.42. The van der Waals surface area contributed by atoms with E-state index in [-0.39, 0.29) is 6.10 Å². The van der Waals surface area contributed by atoms with Crippen molar-refractivity contribution < 1.29 is 14.6 Å². The number of benzene rings is 1. The molecule has 0 amide bonds. The van der Waals surface area contributed by atoms with Gasteiger partial charge in [0.05, 0.1) is 18.8 Å². The molecule has 0 saturated heterocycles. The molecule has 6 nitrogen and oxygen atoms in total. The van der Waals surface area contributed by atoms with Crippen LogP contribution in [0.25, 0.3) is 5.57 Å². The van der Waals surface area contributed by atoms with Gasteiger partial charge in [0.1, 0.15) is 0 Å². The van der Waals surface area contributed by atoms with Gasteiger partial charge in [0.25, 0.3) is 0 Å². The lowest BCUT2D eigenvalue weighted by molar-refractivity contribution is 0.145. The zero-order valence-electron chi connectivity index (χ0n) is 15.1. The van der Waals surface area contributed by atoms with E-state index in [2.05, 4.69) is 28.2 Å². The fourth-order valence-electron chi connectivity index (χ4n) is 3.39. The summed E-state index contributed by atoms with van der Waals surface area (Å²) in [5, 5.41) is 14.1. The van der Waals surface area contributed by atoms with Crippen molar-refractivity contribution in [2.24, 2.45) is 0 Å². The molecule has 138 valence electrons. The molecule has 3 heterocycles. The number of aliphatic hydroxyl groups excluding tert-OH is 1. The Morgan fingerprint density at radius 1 is 1.27 bits per heavy atom. The van der Waals surface area contributed by atoms with Crippen molar-refractivity contribution in [3.63, 3.8) is 0 Å². The Morgan fingerprint density at radius 3 is 2.96 bits per heavy atom. The number of nitrogens with zero attached hydrogens (tertiary/aromatic N) is 3. The van der Waals surface area contributed by atoms with Crippen molar-refractivity contribution in [1.82, 2.24) is 14.7 Å². The maximum absolute atomic E-state index is 9.77. The molecule has 1 N–H and O–H groups in total. The number of rotatable bonds is 6. The van der Waals surface area contributed by atoms with E-state index in [0.29, 0.717) is 13.3 Å². The third-order valence-electron chi connectivity index (χ3n) is 5.01. The van der Waals surface area contributed by atoms with E-state index in [1.165, 1.54) is 11.1 Å². The summed E-state index contributed by atoms with van der Waals surface area (Å²) < 4.78 is 12.7. The smallest absolute Gasteiger partial charge is 0.231 e. The molecule has 0 unspecified atom stereocenters. The predicted octanol–water partition coefficient (Wildman–Crippen LogP) is 2.67. The van der Waals surface area contributed by atoms with Crippen LogP contribution in [0, 0.1) is 0 Å². The first-order valence-electron chi connectivity index (χ1n) is 9.22. The van der Waals surface area contributed by atoms with Gasteiger partial charge in [0.2, 0.25) is 6.79 Å². The Morgan fingerprint density at radius 2 is 2.15 bits per heavy atom. The number of aliphatic hydroxyl groups is 1. The molecule has 1 atom stereocenters. The van der Waals surface area contributed by atoms with Gasteiger partial charge in [-0.1, -0.05) is 19.1 Å². The summed E-state index contributed by atoms with van der Waals surface area (Å²) >= 11 is 0. The van der Waals surface area contributed by atoms with Gasteiger partial charge < -0.3 is 14.6 Å². The molecule has 0 bridgehead atoms. The third-order valence-corrected chi connectivity index (χ3v) is 5.01. The van der Waals surface area contributed by atoms with E-state index >= 15 is 0 Å². The maximum Gasteiger partial charge on any atom is 0.231 e. The summed E-state index contributed by atoms with van der Waals surface area (Å²) in [5.74, 6) is 1.68. The Bertz CT molecular complexity index is 799. The Kier molecular flexibility index (Phi) is 4.95. The molecule has 1 aromatic carbocycles. The maximum atomic E-state index is 9.77. The van der Waals surface area contributed by atoms with Crippen molar-refractivity contribution in [2.45, 2.75) is 39.0 Å². The fourth-order valence-corrected chi connectivity index (χ4v) is 3.39. The van der Waals surface area contributed by atoms with Gasteiger partial charge in [-0.3, -0.25) is 9.58 Å². The number of aromatic nitrogens is 2. The largest absolute Gasteiger partial charge is 0.454 e. The third kappa shape index (κ3) is 3.76. The van der Waals surface area contributed by atoms with Crippen LogP contribution in [-0.4, -0.2) is 45.8 Å². The molecule has 0 radical (unpaired) electrons. The highest BCUT2D eigenvalue weighted by molar-refractivity contribution is 5.65. The van der Waals surface area contributed by atoms with E-state index in [4.69, 9.17) is 9.47 Å². The molecule has 2 aromatic rings. The SMILES string of the molecule is CC[C@H](O)Cn1cc(C2=CCN(Cc3ccc4c(c3)OCO4)CC2)cn1. The monoisotopic (exact) mass is 355 g/mol. The first-order chi connectivity index (χ1) is 12.7.